The summed E-state index contributed by atoms with van der Waals surface area (Å²) in [5.74, 6) is 1.07. The largest absolute Gasteiger partial charge is 0.450 e. The number of carbonyl (C=O) groups is 1. The second kappa shape index (κ2) is 11.5. The van der Waals surface area contributed by atoms with Gasteiger partial charge in [-0.05, 0) is 73.3 Å². The molecule has 2 aliphatic rings. The molecule has 1 aromatic heterocycles. The van der Waals surface area contributed by atoms with Crippen molar-refractivity contribution >= 4 is 23.5 Å². The number of amides is 1. The smallest absolute Gasteiger partial charge is 0.409 e. The fourth-order valence-corrected chi connectivity index (χ4v) is 5.70. The van der Waals surface area contributed by atoms with Gasteiger partial charge in [-0.1, -0.05) is 53.7 Å². The first-order chi connectivity index (χ1) is 16.3. The molecule has 1 aliphatic heterocycles. The van der Waals surface area contributed by atoms with Crippen molar-refractivity contribution in [2.45, 2.75) is 90.9 Å². The predicted molar refractivity (Wildman–Crippen MR) is 145 cm³/mol. The van der Waals surface area contributed by atoms with Crippen LogP contribution in [0.15, 0.2) is 24.8 Å². The van der Waals surface area contributed by atoms with E-state index in [1.807, 2.05) is 31.7 Å². The number of hydrogen-bond acceptors (Lipinski definition) is 4. The Morgan fingerprint density at radius 1 is 1.15 bits per heavy atom. The molecule has 0 bridgehead atoms. The Hall–Kier alpha value is -2.14. The third-order valence-electron chi connectivity index (χ3n) is 6.90. The van der Waals surface area contributed by atoms with Crippen LogP contribution in [0.2, 0.25) is 0 Å². The zero-order valence-electron chi connectivity index (χ0n) is 21.9. The number of hydrogen-bond donors (Lipinski definition) is 0. The maximum Gasteiger partial charge on any atom is 0.409 e. The second-order valence-corrected chi connectivity index (χ2v) is 11.2. The monoisotopic (exact) mass is 482 g/mol. The quantitative estimate of drug-likeness (QED) is 0.430. The van der Waals surface area contributed by atoms with Crippen LogP contribution >= 0.6 is 11.3 Å². The first-order valence-corrected chi connectivity index (χ1v) is 13.8. The van der Waals surface area contributed by atoms with Crippen LogP contribution in [0.4, 0.5) is 4.79 Å². The van der Waals surface area contributed by atoms with Crippen molar-refractivity contribution in [3.8, 4) is 11.3 Å². The molecule has 5 heteroatoms. The van der Waals surface area contributed by atoms with Gasteiger partial charge >= 0.3 is 6.09 Å². The summed E-state index contributed by atoms with van der Waals surface area (Å²) in [6.45, 7) is 18.7. The lowest BCUT2D eigenvalue weighted by Crippen LogP contribution is -2.38. The maximum absolute atomic E-state index is 12.0. The van der Waals surface area contributed by atoms with Crippen molar-refractivity contribution in [3.63, 3.8) is 0 Å². The van der Waals surface area contributed by atoms with Gasteiger partial charge in [-0.2, -0.15) is 0 Å². The highest BCUT2D eigenvalue weighted by Crippen LogP contribution is 2.42. The number of aromatic nitrogens is 1. The van der Waals surface area contributed by atoms with Crippen LogP contribution in [0, 0.1) is 0 Å². The van der Waals surface area contributed by atoms with Gasteiger partial charge in [0, 0.05) is 24.6 Å². The van der Waals surface area contributed by atoms with Crippen LogP contribution in [-0.4, -0.2) is 35.7 Å². The molecule has 2 fully saturated rings. The standard InChI is InChI=1S/C27H36N2O2S.C2H6/c1-6-23-24(21-15-20(18-9-8-10-18)16-22(17-21)27(3,4)5)28-25(32-23)19-11-13-29(14-12-19)26(30)31-7-2;1-2/h6,15-19H,1,7-14H2,2-5H3;1-2H3. The van der Waals surface area contributed by atoms with Crippen molar-refractivity contribution in [1.82, 2.24) is 9.88 Å². The number of thiazole rings is 1. The molecule has 0 N–H and O–H groups in total. The third-order valence-corrected chi connectivity index (χ3v) is 8.11. The van der Waals surface area contributed by atoms with E-state index in [2.05, 4.69) is 45.5 Å². The fraction of sp³-hybridized carbons (Fsp3) is 0.586. The summed E-state index contributed by atoms with van der Waals surface area (Å²) in [5.41, 5.74) is 5.23. The second-order valence-electron chi connectivity index (χ2n) is 10.2. The minimum Gasteiger partial charge on any atom is -0.450 e. The van der Waals surface area contributed by atoms with E-state index in [1.165, 1.54) is 41.0 Å². The lowest BCUT2D eigenvalue weighted by atomic mass is 9.76. The number of rotatable bonds is 5. The summed E-state index contributed by atoms with van der Waals surface area (Å²) in [4.78, 5) is 20.2. The van der Waals surface area contributed by atoms with Crippen LogP contribution in [0.1, 0.15) is 106 Å². The lowest BCUT2D eigenvalue weighted by Gasteiger charge is -2.30. The minimum atomic E-state index is -0.194. The van der Waals surface area contributed by atoms with E-state index in [9.17, 15) is 4.79 Å². The van der Waals surface area contributed by atoms with E-state index in [1.54, 1.807) is 11.3 Å². The number of benzene rings is 1. The van der Waals surface area contributed by atoms with Gasteiger partial charge in [0.2, 0.25) is 0 Å². The molecule has 1 saturated carbocycles. The molecule has 0 spiro atoms. The first-order valence-electron chi connectivity index (χ1n) is 13.0. The van der Waals surface area contributed by atoms with E-state index in [0.29, 0.717) is 18.4 Å². The molecule has 1 aliphatic carbocycles. The number of piperidine rings is 1. The highest BCUT2D eigenvalue weighted by molar-refractivity contribution is 7.13. The Morgan fingerprint density at radius 3 is 2.35 bits per heavy atom. The van der Waals surface area contributed by atoms with Gasteiger partial charge in [0.1, 0.15) is 0 Å². The molecular weight excluding hydrogens is 440 g/mol. The molecule has 1 aromatic carbocycles. The van der Waals surface area contributed by atoms with Gasteiger partial charge < -0.3 is 9.64 Å². The molecule has 34 heavy (non-hydrogen) atoms. The highest BCUT2D eigenvalue weighted by atomic mass is 32.1. The molecule has 186 valence electrons. The molecule has 1 saturated heterocycles. The Kier molecular flexibility index (Phi) is 8.97. The average Bonchev–Trinajstić information content (AvgIpc) is 3.23. The van der Waals surface area contributed by atoms with Gasteiger partial charge in [0.05, 0.1) is 22.2 Å². The Morgan fingerprint density at radius 2 is 1.82 bits per heavy atom. The SMILES string of the molecule is C=Cc1sc(C2CCN(C(=O)OCC)CC2)nc1-c1cc(C2CCC2)cc(C(C)(C)C)c1.CC. The molecule has 0 unspecified atom stereocenters. The van der Waals surface area contributed by atoms with Crippen LogP contribution in [-0.2, 0) is 10.2 Å². The predicted octanol–water partition coefficient (Wildman–Crippen LogP) is 8.38. The Balaban J connectivity index is 0.00000158. The number of likely N-dealkylation sites (tertiary alicyclic amines) is 1. The van der Waals surface area contributed by atoms with Gasteiger partial charge in [-0.15, -0.1) is 11.3 Å². The molecule has 2 heterocycles. The van der Waals surface area contributed by atoms with Crippen molar-refractivity contribution < 1.29 is 9.53 Å². The van der Waals surface area contributed by atoms with Gasteiger partial charge in [0.15, 0.2) is 0 Å². The summed E-state index contributed by atoms with van der Waals surface area (Å²) in [5, 5.41) is 1.17. The zero-order chi connectivity index (χ0) is 24.9. The normalized spacial score (nSPS) is 16.9. The molecular formula is C29H42N2O2S. The first kappa shape index (κ1) is 26.5. The van der Waals surface area contributed by atoms with E-state index in [0.717, 1.165) is 36.5 Å². The van der Waals surface area contributed by atoms with Gasteiger partial charge in [-0.3, -0.25) is 0 Å². The molecule has 1 amide bonds. The van der Waals surface area contributed by atoms with Gasteiger partial charge in [-0.25, -0.2) is 9.78 Å². The number of ether oxygens (including phenoxy) is 1. The van der Waals surface area contributed by atoms with Crippen molar-refractivity contribution in [2.24, 2.45) is 0 Å². The van der Waals surface area contributed by atoms with Crippen LogP contribution in [0.5, 0.6) is 0 Å². The van der Waals surface area contributed by atoms with Crippen LogP contribution in [0.25, 0.3) is 17.3 Å². The third kappa shape index (κ3) is 5.91. The number of carbonyl (C=O) groups excluding carboxylic acids is 1. The molecule has 2 aromatic rings. The van der Waals surface area contributed by atoms with E-state index >= 15 is 0 Å². The van der Waals surface area contributed by atoms with Crippen molar-refractivity contribution in [2.75, 3.05) is 19.7 Å². The average molecular weight is 483 g/mol. The van der Waals surface area contributed by atoms with E-state index in [4.69, 9.17) is 9.72 Å². The van der Waals surface area contributed by atoms with Crippen LogP contribution in [0.3, 0.4) is 0 Å². The van der Waals surface area contributed by atoms with Gasteiger partial charge in [0.25, 0.3) is 0 Å². The Bertz CT molecular complexity index is 977. The van der Waals surface area contributed by atoms with Crippen molar-refractivity contribution in [3.05, 3.63) is 45.8 Å². The summed E-state index contributed by atoms with van der Waals surface area (Å²) in [6, 6.07) is 7.12. The van der Waals surface area contributed by atoms with Crippen LogP contribution < -0.4 is 0 Å². The molecule has 4 nitrogen and oxygen atoms in total. The minimum absolute atomic E-state index is 0.0988. The molecule has 4 rings (SSSR count). The topological polar surface area (TPSA) is 42.4 Å². The summed E-state index contributed by atoms with van der Waals surface area (Å²) < 4.78 is 5.16. The maximum atomic E-state index is 12.0. The van der Waals surface area contributed by atoms with Crippen molar-refractivity contribution in [1.29, 1.82) is 0 Å². The summed E-state index contributed by atoms with van der Waals surface area (Å²) in [7, 11) is 0. The Labute approximate surface area is 210 Å². The fourth-order valence-electron chi connectivity index (χ4n) is 4.59. The molecule has 0 atom stereocenters. The lowest BCUT2D eigenvalue weighted by molar-refractivity contribution is 0.0970. The highest BCUT2D eigenvalue weighted by Gasteiger charge is 2.28. The summed E-state index contributed by atoms with van der Waals surface area (Å²) >= 11 is 1.76. The van der Waals surface area contributed by atoms with E-state index in [-0.39, 0.29) is 11.5 Å². The zero-order valence-corrected chi connectivity index (χ0v) is 22.8. The molecule has 0 radical (unpaired) electrons. The number of nitrogens with zero attached hydrogens (tertiary/aromatic N) is 2. The van der Waals surface area contributed by atoms with E-state index < -0.39 is 0 Å². The summed E-state index contributed by atoms with van der Waals surface area (Å²) in [6.07, 6.45) is 7.54.